The van der Waals surface area contributed by atoms with Gasteiger partial charge in [-0.05, 0) is 18.8 Å². The van der Waals surface area contributed by atoms with Crippen LogP contribution < -0.4 is 10.6 Å². The number of amides is 2. The second-order valence-corrected chi connectivity index (χ2v) is 5.66. The van der Waals surface area contributed by atoms with Crippen LogP contribution in [0.3, 0.4) is 0 Å². The summed E-state index contributed by atoms with van der Waals surface area (Å²) in [6.07, 6.45) is 4.65. The Kier molecular flexibility index (Phi) is 8.79. The number of urea groups is 1. The molecule has 0 aromatic rings. The van der Waals surface area contributed by atoms with Crippen molar-refractivity contribution in [1.82, 2.24) is 10.6 Å². The molecule has 0 saturated carbocycles. The highest BCUT2D eigenvalue weighted by atomic mass is 16.3. The number of aliphatic imine (C=N–C) groups is 3. The molecule has 0 spiro atoms. The van der Waals surface area contributed by atoms with Crippen LogP contribution in [-0.2, 0) is 4.79 Å². The highest BCUT2D eigenvalue weighted by Gasteiger charge is 2.19. The van der Waals surface area contributed by atoms with E-state index in [0.29, 0.717) is 19.5 Å². The van der Waals surface area contributed by atoms with Crippen molar-refractivity contribution in [2.45, 2.75) is 52.2 Å². The molecule has 1 unspecified atom stereocenters. The molecule has 8 heteroatoms. The first-order valence-electron chi connectivity index (χ1n) is 7.94. The number of nitrogens with zero attached hydrogens (tertiary/aromatic N) is 3. The van der Waals surface area contributed by atoms with Crippen molar-refractivity contribution < 1.29 is 14.7 Å². The maximum Gasteiger partial charge on any atom is 0.321 e. The fraction of sp³-hybridized carbons (Fsp3) is 0.733. The molecule has 1 atom stereocenters. The van der Waals surface area contributed by atoms with Gasteiger partial charge in [-0.2, -0.15) is 0 Å². The van der Waals surface area contributed by atoms with Gasteiger partial charge < -0.3 is 10.4 Å². The molecule has 1 aliphatic heterocycles. The predicted molar refractivity (Wildman–Crippen MR) is 88.3 cm³/mol. The highest BCUT2D eigenvalue weighted by molar-refractivity contribution is 6.05. The molecule has 0 aliphatic carbocycles. The van der Waals surface area contributed by atoms with Crippen molar-refractivity contribution in [3.05, 3.63) is 0 Å². The Labute approximate surface area is 136 Å². The lowest BCUT2D eigenvalue weighted by atomic mass is 10.0. The van der Waals surface area contributed by atoms with Gasteiger partial charge in [-0.25, -0.2) is 24.6 Å². The van der Waals surface area contributed by atoms with E-state index in [1.54, 1.807) is 0 Å². The number of hydrogen-bond acceptors (Lipinski definition) is 6. The third-order valence-electron chi connectivity index (χ3n) is 3.35. The number of aliphatic hydroxyl groups is 1. The molecule has 1 aliphatic rings. The Morgan fingerprint density at radius 2 is 2.13 bits per heavy atom. The summed E-state index contributed by atoms with van der Waals surface area (Å²) in [6.45, 7) is 5.01. The molecule has 0 bridgehead atoms. The van der Waals surface area contributed by atoms with Crippen LogP contribution in [0.2, 0.25) is 0 Å². The minimum atomic E-state index is -0.853. The molecule has 0 aromatic heterocycles. The van der Waals surface area contributed by atoms with Crippen LogP contribution in [0.4, 0.5) is 4.79 Å². The Morgan fingerprint density at radius 3 is 2.83 bits per heavy atom. The van der Waals surface area contributed by atoms with Crippen molar-refractivity contribution in [2.75, 3.05) is 13.1 Å². The van der Waals surface area contributed by atoms with E-state index in [0.717, 1.165) is 31.4 Å². The molecule has 0 fully saturated rings. The number of carbonyl (C=O) groups is 1. The summed E-state index contributed by atoms with van der Waals surface area (Å²) >= 11 is 0. The standard InChI is InChI=1S/C15H25N5O3/c1-11(2)12-9-13(22)19-14(18-12)20-15(23)17-8-6-4-3-5-7-16-10-21/h11,13,22H,3-9H2,1-2H3,(H2,17,19,20,23). The second-order valence-electron chi connectivity index (χ2n) is 5.66. The lowest BCUT2D eigenvalue weighted by Gasteiger charge is -2.19. The zero-order chi connectivity index (χ0) is 17.1. The third-order valence-corrected chi connectivity index (χ3v) is 3.35. The monoisotopic (exact) mass is 323 g/mol. The van der Waals surface area contributed by atoms with Crippen LogP contribution in [0.25, 0.3) is 0 Å². The van der Waals surface area contributed by atoms with Crippen LogP contribution in [0, 0.1) is 5.92 Å². The molecular weight excluding hydrogens is 298 g/mol. The first-order chi connectivity index (χ1) is 11.0. The average Bonchev–Trinajstić information content (AvgIpc) is 2.49. The van der Waals surface area contributed by atoms with Gasteiger partial charge in [0.05, 0.1) is 6.54 Å². The van der Waals surface area contributed by atoms with E-state index in [1.807, 2.05) is 13.8 Å². The molecule has 0 aromatic carbocycles. The van der Waals surface area contributed by atoms with E-state index in [9.17, 15) is 14.7 Å². The molecular formula is C15H25N5O3. The smallest absolute Gasteiger partial charge is 0.321 e. The molecule has 8 nitrogen and oxygen atoms in total. The minimum absolute atomic E-state index is 0.150. The normalized spacial score (nSPS) is 17.1. The highest BCUT2D eigenvalue weighted by Crippen LogP contribution is 2.11. The predicted octanol–water partition coefficient (Wildman–Crippen LogP) is 1.36. The van der Waals surface area contributed by atoms with Crippen LogP contribution in [-0.4, -0.2) is 48.2 Å². The van der Waals surface area contributed by atoms with Crippen molar-refractivity contribution in [3.63, 3.8) is 0 Å². The molecule has 23 heavy (non-hydrogen) atoms. The number of unbranched alkanes of at least 4 members (excludes halogenated alkanes) is 3. The largest absolute Gasteiger partial charge is 0.371 e. The Morgan fingerprint density at radius 1 is 1.39 bits per heavy atom. The first-order valence-corrected chi connectivity index (χ1v) is 7.94. The second kappa shape index (κ2) is 10.6. The first kappa shape index (κ1) is 19.0. The van der Waals surface area contributed by atoms with Crippen LogP contribution >= 0.6 is 0 Å². The van der Waals surface area contributed by atoms with Gasteiger partial charge in [0.1, 0.15) is 0 Å². The molecule has 0 saturated heterocycles. The van der Waals surface area contributed by atoms with Gasteiger partial charge in [0.2, 0.25) is 12.0 Å². The number of hydrogen-bond donors (Lipinski definition) is 3. The number of rotatable bonds is 8. The van der Waals surface area contributed by atoms with Crippen LogP contribution in [0.5, 0.6) is 0 Å². The SMILES string of the molecule is CC(C)C1=NC(NC(=O)NCCCCCCN=C=O)=NC(O)C1. The van der Waals surface area contributed by atoms with Gasteiger partial charge in [0.15, 0.2) is 6.23 Å². The topological polar surface area (TPSA) is 116 Å². The van der Waals surface area contributed by atoms with E-state index >= 15 is 0 Å². The van der Waals surface area contributed by atoms with E-state index in [2.05, 4.69) is 25.6 Å². The zero-order valence-electron chi connectivity index (χ0n) is 13.7. The number of isocyanates is 1. The van der Waals surface area contributed by atoms with Gasteiger partial charge in [0.25, 0.3) is 0 Å². The third kappa shape index (κ3) is 8.23. The van der Waals surface area contributed by atoms with E-state index in [-0.39, 0.29) is 17.9 Å². The summed E-state index contributed by atoms with van der Waals surface area (Å²) < 4.78 is 0. The average molecular weight is 323 g/mol. The van der Waals surface area contributed by atoms with Gasteiger partial charge in [0, 0.05) is 18.7 Å². The molecule has 2 amide bonds. The molecule has 0 radical (unpaired) electrons. The van der Waals surface area contributed by atoms with E-state index in [1.165, 1.54) is 6.08 Å². The van der Waals surface area contributed by atoms with E-state index in [4.69, 9.17) is 0 Å². The maximum atomic E-state index is 11.8. The van der Waals surface area contributed by atoms with Gasteiger partial charge >= 0.3 is 6.03 Å². The number of nitrogens with one attached hydrogen (secondary N) is 2. The van der Waals surface area contributed by atoms with Crippen LogP contribution in [0.1, 0.15) is 46.0 Å². The summed E-state index contributed by atoms with van der Waals surface area (Å²) in [5.74, 6) is 0.347. The Bertz CT molecular complexity index is 495. The molecule has 128 valence electrons. The summed E-state index contributed by atoms with van der Waals surface area (Å²) in [5, 5.41) is 14.9. The Hall–Kier alpha value is -2.05. The quantitative estimate of drug-likeness (QED) is 0.356. The van der Waals surface area contributed by atoms with Crippen molar-refractivity contribution >= 4 is 23.8 Å². The summed E-state index contributed by atoms with van der Waals surface area (Å²) in [4.78, 5) is 33.3. The lowest BCUT2D eigenvalue weighted by molar-refractivity contribution is 0.189. The molecule has 3 N–H and O–H groups in total. The summed E-state index contributed by atoms with van der Waals surface area (Å²) in [7, 11) is 0. The maximum absolute atomic E-state index is 11.8. The van der Waals surface area contributed by atoms with Crippen LogP contribution in [0.15, 0.2) is 15.0 Å². The Balaban J connectivity index is 2.22. The fourth-order valence-electron chi connectivity index (χ4n) is 2.07. The summed E-state index contributed by atoms with van der Waals surface area (Å²) in [6, 6.07) is -0.379. The van der Waals surface area contributed by atoms with Crippen molar-refractivity contribution in [1.29, 1.82) is 0 Å². The number of aliphatic hydroxyl groups excluding tert-OH is 1. The van der Waals surface area contributed by atoms with Gasteiger partial charge in [-0.3, -0.25) is 5.32 Å². The minimum Gasteiger partial charge on any atom is -0.371 e. The van der Waals surface area contributed by atoms with Crippen molar-refractivity contribution in [2.24, 2.45) is 20.9 Å². The van der Waals surface area contributed by atoms with Gasteiger partial charge in [-0.1, -0.05) is 26.7 Å². The number of carbonyl (C=O) groups excluding carboxylic acids is 2. The zero-order valence-corrected chi connectivity index (χ0v) is 13.7. The lowest BCUT2D eigenvalue weighted by Crippen LogP contribution is -2.41. The molecule has 1 rings (SSSR count). The summed E-state index contributed by atoms with van der Waals surface area (Å²) in [5.41, 5.74) is 0.820. The fourth-order valence-corrected chi connectivity index (χ4v) is 2.07. The van der Waals surface area contributed by atoms with Gasteiger partial charge in [-0.15, -0.1) is 0 Å². The molecule has 1 heterocycles. The number of guanidine groups is 1. The van der Waals surface area contributed by atoms with E-state index < -0.39 is 6.23 Å². The van der Waals surface area contributed by atoms with Crippen molar-refractivity contribution in [3.8, 4) is 0 Å².